The molecule has 28 heavy (non-hydrogen) atoms. The number of hydrogen-bond acceptors (Lipinski definition) is 5. The van der Waals surface area contributed by atoms with Gasteiger partial charge in [-0.2, -0.15) is 0 Å². The molecular weight excluding hydrogens is 376 g/mol. The fourth-order valence-electron chi connectivity index (χ4n) is 3.67. The molecule has 144 valence electrons. The van der Waals surface area contributed by atoms with Gasteiger partial charge in [-0.25, -0.2) is 9.97 Å². The van der Waals surface area contributed by atoms with Crippen LogP contribution < -0.4 is 0 Å². The molecule has 1 aliphatic heterocycles. The van der Waals surface area contributed by atoms with Gasteiger partial charge >= 0.3 is 0 Å². The molecule has 6 nitrogen and oxygen atoms in total. The molecule has 0 N–H and O–H groups in total. The van der Waals surface area contributed by atoms with Gasteiger partial charge in [0.1, 0.15) is 5.82 Å². The molecule has 0 saturated carbocycles. The van der Waals surface area contributed by atoms with E-state index in [2.05, 4.69) is 10.1 Å². The maximum Gasteiger partial charge on any atom is 0.255 e. The van der Waals surface area contributed by atoms with E-state index in [1.807, 2.05) is 36.9 Å². The Kier molecular flexibility index (Phi) is 5.13. The molecule has 1 aliphatic rings. The van der Waals surface area contributed by atoms with Crippen LogP contribution in [0.1, 0.15) is 46.3 Å². The first-order valence-electron chi connectivity index (χ1n) is 9.34. The summed E-state index contributed by atoms with van der Waals surface area (Å²) in [5.74, 6) is 1.41. The summed E-state index contributed by atoms with van der Waals surface area (Å²) in [6.07, 6.45) is 3.63. The first kappa shape index (κ1) is 18.6. The van der Waals surface area contributed by atoms with E-state index in [1.165, 1.54) is 0 Å². The number of aromatic nitrogens is 3. The average Bonchev–Trinajstić information content (AvgIpc) is 3.14. The van der Waals surface area contributed by atoms with E-state index in [0.717, 1.165) is 29.8 Å². The number of carbonyl (C=O) groups excluding carboxylic acids is 1. The zero-order chi connectivity index (χ0) is 19.7. The Morgan fingerprint density at radius 2 is 2.11 bits per heavy atom. The van der Waals surface area contributed by atoms with E-state index in [-0.39, 0.29) is 11.8 Å². The van der Waals surface area contributed by atoms with Crippen LogP contribution in [0.4, 0.5) is 0 Å². The van der Waals surface area contributed by atoms with Crippen molar-refractivity contribution in [3.8, 4) is 11.3 Å². The van der Waals surface area contributed by atoms with Gasteiger partial charge in [-0.05, 0) is 38.8 Å². The molecule has 4 rings (SSSR count). The highest BCUT2D eigenvalue weighted by atomic mass is 35.5. The highest BCUT2D eigenvalue weighted by molar-refractivity contribution is 6.33. The minimum Gasteiger partial charge on any atom is -0.356 e. The molecule has 1 fully saturated rings. The van der Waals surface area contributed by atoms with Crippen LogP contribution in [0, 0.1) is 13.8 Å². The fourth-order valence-corrected chi connectivity index (χ4v) is 3.89. The lowest BCUT2D eigenvalue weighted by molar-refractivity contribution is 0.0706. The number of halogens is 1. The van der Waals surface area contributed by atoms with Gasteiger partial charge in [0.05, 0.1) is 27.5 Å². The number of amides is 1. The van der Waals surface area contributed by atoms with Crippen LogP contribution in [0.5, 0.6) is 0 Å². The number of piperidine rings is 1. The van der Waals surface area contributed by atoms with Gasteiger partial charge in [-0.3, -0.25) is 4.79 Å². The summed E-state index contributed by atoms with van der Waals surface area (Å²) in [7, 11) is 0. The third kappa shape index (κ3) is 3.64. The van der Waals surface area contributed by atoms with Crippen molar-refractivity contribution in [3.63, 3.8) is 0 Å². The summed E-state index contributed by atoms with van der Waals surface area (Å²) in [6.45, 7) is 5.04. The normalized spacial score (nSPS) is 17.0. The minimum absolute atomic E-state index is 0.0434. The van der Waals surface area contributed by atoms with Gasteiger partial charge < -0.3 is 9.42 Å². The third-order valence-corrected chi connectivity index (χ3v) is 5.36. The predicted octanol–water partition coefficient (Wildman–Crippen LogP) is 4.42. The number of benzene rings is 1. The van der Waals surface area contributed by atoms with Crippen molar-refractivity contribution in [2.75, 3.05) is 13.1 Å². The van der Waals surface area contributed by atoms with E-state index < -0.39 is 0 Å². The fraction of sp³-hybridized carbons (Fsp3) is 0.333. The average molecular weight is 397 g/mol. The largest absolute Gasteiger partial charge is 0.356 e. The summed E-state index contributed by atoms with van der Waals surface area (Å²) in [5, 5.41) is 4.46. The van der Waals surface area contributed by atoms with Crippen molar-refractivity contribution in [2.45, 2.75) is 32.6 Å². The molecule has 0 radical (unpaired) electrons. The summed E-state index contributed by atoms with van der Waals surface area (Å²) in [4.78, 5) is 23.9. The molecule has 3 heterocycles. The van der Waals surface area contributed by atoms with Gasteiger partial charge in [-0.15, -0.1) is 0 Å². The summed E-state index contributed by atoms with van der Waals surface area (Å²) in [5.41, 5.74) is 3.08. The maximum absolute atomic E-state index is 13.0. The van der Waals surface area contributed by atoms with Gasteiger partial charge in [0, 0.05) is 31.3 Å². The minimum atomic E-state index is -0.0434. The smallest absolute Gasteiger partial charge is 0.255 e. The lowest BCUT2D eigenvalue weighted by atomic mass is 9.91. The molecule has 1 atom stereocenters. The highest BCUT2D eigenvalue weighted by Crippen LogP contribution is 2.34. The Bertz CT molecular complexity index is 1020. The molecule has 7 heteroatoms. The van der Waals surface area contributed by atoms with E-state index in [9.17, 15) is 4.79 Å². The topological polar surface area (TPSA) is 72.1 Å². The lowest BCUT2D eigenvalue weighted by Gasteiger charge is -2.33. The second-order valence-corrected chi connectivity index (χ2v) is 7.53. The Morgan fingerprint density at radius 1 is 1.29 bits per heavy atom. The lowest BCUT2D eigenvalue weighted by Crippen LogP contribution is -2.39. The van der Waals surface area contributed by atoms with Crippen LogP contribution in [0.2, 0.25) is 5.02 Å². The predicted molar refractivity (Wildman–Crippen MR) is 106 cm³/mol. The third-order valence-electron chi connectivity index (χ3n) is 5.03. The Hall–Kier alpha value is -2.73. The first-order valence-corrected chi connectivity index (χ1v) is 9.72. The summed E-state index contributed by atoms with van der Waals surface area (Å²) < 4.78 is 5.45. The van der Waals surface area contributed by atoms with Gasteiger partial charge in [0.15, 0.2) is 5.76 Å². The molecule has 1 saturated heterocycles. The summed E-state index contributed by atoms with van der Waals surface area (Å²) >= 11 is 6.23. The molecule has 1 amide bonds. The van der Waals surface area contributed by atoms with E-state index >= 15 is 0 Å². The van der Waals surface area contributed by atoms with Crippen molar-refractivity contribution in [1.29, 1.82) is 0 Å². The monoisotopic (exact) mass is 396 g/mol. The van der Waals surface area contributed by atoms with Crippen LogP contribution in [0.3, 0.4) is 0 Å². The van der Waals surface area contributed by atoms with E-state index in [4.69, 9.17) is 21.1 Å². The molecule has 0 aliphatic carbocycles. The van der Waals surface area contributed by atoms with Crippen molar-refractivity contribution in [2.24, 2.45) is 0 Å². The number of likely N-dealkylation sites (tertiary alicyclic amines) is 1. The van der Waals surface area contributed by atoms with Crippen LogP contribution >= 0.6 is 11.6 Å². The van der Waals surface area contributed by atoms with Crippen molar-refractivity contribution >= 4 is 17.5 Å². The molecule has 1 aromatic carbocycles. The van der Waals surface area contributed by atoms with Crippen LogP contribution in [-0.4, -0.2) is 39.0 Å². The number of aryl methyl sites for hydroxylation is 2. The van der Waals surface area contributed by atoms with E-state index in [0.29, 0.717) is 35.3 Å². The van der Waals surface area contributed by atoms with Crippen molar-refractivity contribution in [3.05, 3.63) is 64.3 Å². The molecule has 2 aromatic heterocycles. The van der Waals surface area contributed by atoms with Crippen LogP contribution in [0.25, 0.3) is 11.3 Å². The number of carbonyl (C=O) groups is 1. The maximum atomic E-state index is 13.0. The number of nitrogens with zero attached hydrogens (tertiary/aromatic N) is 4. The molecular formula is C21H21ClN4O2. The van der Waals surface area contributed by atoms with Crippen LogP contribution in [-0.2, 0) is 0 Å². The van der Waals surface area contributed by atoms with Crippen molar-refractivity contribution < 1.29 is 9.32 Å². The Labute approximate surface area is 168 Å². The quantitative estimate of drug-likeness (QED) is 0.655. The zero-order valence-electron chi connectivity index (χ0n) is 15.9. The second kappa shape index (κ2) is 7.72. The molecule has 3 aromatic rings. The molecule has 1 unspecified atom stereocenters. The van der Waals surface area contributed by atoms with Gasteiger partial charge in [0.25, 0.3) is 5.91 Å². The number of rotatable bonds is 3. The Morgan fingerprint density at radius 3 is 2.86 bits per heavy atom. The zero-order valence-corrected chi connectivity index (χ0v) is 16.6. The molecule has 0 bridgehead atoms. The number of hydrogen-bond donors (Lipinski definition) is 0. The van der Waals surface area contributed by atoms with Gasteiger partial charge in [0.2, 0.25) is 0 Å². The summed E-state index contributed by atoms with van der Waals surface area (Å²) in [6, 6.07) is 9.05. The first-order chi connectivity index (χ1) is 13.5. The highest BCUT2D eigenvalue weighted by Gasteiger charge is 2.29. The van der Waals surface area contributed by atoms with Gasteiger partial charge in [-0.1, -0.05) is 28.9 Å². The van der Waals surface area contributed by atoms with Crippen LogP contribution in [0.15, 0.2) is 41.1 Å². The van der Waals surface area contributed by atoms with E-state index in [1.54, 1.807) is 18.3 Å². The second-order valence-electron chi connectivity index (χ2n) is 7.12. The molecule has 0 spiro atoms. The Balaban J connectivity index is 1.64. The SMILES string of the molecule is Cc1cc(-c2cnc(C)nc2C2CCCN(C(=O)c3ccccc3Cl)C2)on1. The standard InChI is InChI=1S/C21H21ClN4O2/c1-13-10-19(28-25-13)17-11-23-14(2)24-20(17)15-6-5-9-26(12-15)21(27)16-7-3-4-8-18(16)22/h3-4,7-8,10-11,15H,5-6,9,12H2,1-2H3. The van der Waals surface area contributed by atoms with Crippen molar-refractivity contribution in [1.82, 2.24) is 20.0 Å².